The highest BCUT2D eigenvalue weighted by molar-refractivity contribution is 7.22. The topological polar surface area (TPSA) is 86.1 Å². The molecule has 3 heterocycles. The molecule has 2 N–H and O–H groups in total. The van der Waals surface area contributed by atoms with Crippen molar-refractivity contribution >= 4 is 55.5 Å². The summed E-state index contributed by atoms with van der Waals surface area (Å²) in [7, 11) is 2.11. The van der Waals surface area contributed by atoms with Gasteiger partial charge in [-0.3, -0.25) is 4.90 Å². The molecule has 0 spiro atoms. The molecule has 0 unspecified atom stereocenters. The molecule has 2 aromatic carbocycles. The predicted octanol–water partition coefficient (Wildman–Crippen LogP) is 6.45. The van der Waals surface area contributed by atoms with Crippen molar-refractivity contribution in [3.05, 3.63) is 70.6 Å². The van der Waals surface area contributed by atoms with Gasteiger partial charge in [0.2, 0.25) is 0 Å². The fraction of sp³-hybridized carbons (Fsp3) is 0.269. The number of fused-ring (bicyclic) bond motifs is 1. The molecule has 0 saturated carbocycles. The van der Waals surface area contributed by atoms with Crippen LogP contribution in [-0.4, -0.2) is 41.2 Å². The summed E-state index contributed by atoms with van der Waals surface area (Å²) in [5.41, 5.74) is 4.10. The van der Waals surface area contributed by atoms with Crippen LogP contribution < -0.4 is 10.6 Å². The van der Waals surface area contributed by atoms with Crippen LogP contribution in [0.1, 0.15) is 24.0 Å². The largest absolute Gasteiger partial charge is 0.377 e. The number of rotatable bonds is 8. The molecule has 1 aliphatic rings. The number of benzene rings is 2. The average molecular weight is 523 g/mol. The van der Waals surface area contributed by atoms with Gasteiger partial charge >= 0.3 is 0 Å². The molecule has 5 rings (SSSR count). The molecular weight excluding hydrogens is 499 g/mol. The summed E-state index contributed by atoms with van der Waals surface area (Å²) in [5, 5.41) is 16.8. The second-order valence-electron chi connectivity index (χ2n) is 8.74. The van der Waals surface area contributed by atoms with Crippen LogP contribution in [0.5, 0.6) is 0 Å². The van der Waals surface area contributed by atoms with E-state index in [9.17, 15) is 9.65 Å². The van der Waals surface area contributed by atoms with Crippen LogP contribution in [0.25, 0.3) is 10.3 Å². The van der Waals surface area contributed by atoms with E-state index in [1.807, 2.05) is 12.1 Å². The van der Waals surface area contributed by atoms with Crippen molar-refractivity contribution < 1.29 is 9.13 Å². The van der Waals surface area contributed by atoms with Crippen LogP contribution in [0.4, 0.5) is 26.6 Å². The van der Waals surface area contributed by atoms with E-state index in [-0.39, 0.29) is 5.02 Å². The summed E-state index contributed by atoms with van der Waals surface area (Å²) >= 11 is 7.30. The lowest BCUT2D eigenvalue weighted by Gasteiger charge is -2.20. The lowest BCUT2D eigenvalue weighted by molar-refractivity contribution is 0.0793. The van der Waals surface area contributed by atoms with Gasteiger partial charge in [0, 0.05) is 37.3 Å². The highest BCUT2D eigenvalue weighted by Crippen LogP contribution is 2.36. The first kappa shape index (κ1) is 24.4. The van der Waals surface area contributed by atoms with Gasteiger partial charge in [-0.15, -0.1) is 0 Å². The fourth-order valence-electron chi connectivity index (χ4n) is 4.18. The predicted molar refractivity (Wildman–Crippen MR) is 142 cm³/mol. The maximum absolute atomic E-state index is 13.6. The Labute approximate surface area is 217 Å². The van der Waals surface area contributed by atoms with Crippen molar-refractivity contribution in [1.82, 2.24) is 14.9 Å². The van der Waals surface area contributed by atoms with Crippen LogP contribution in [0.2, 0.25) is 5.02 Å². The first-order chi connectivity index (χ1) is 17.5. The van der Waals surface area contributed by atoms with Gasteiger partial charge in [0.25, 0.3) is 0 Å². The number of nitrogens with one attached hydrogen (secondary N) is 2. The van der Waals surface area contributed by atoms with Gasteiger partial charge < -0.3 is 15.4 Å². The Balaban J connectivity index is 1.31. The number of thiazole rings is 1. The molecule has 10 heteroatoms. The summed E-state index contributed by atoms with van der Waals surface area (Å²) in [4.78, 5) is 11.2. The Morgan fingerprint density at radius 1 is 1.22 bits per heavy atom. The first-order valence-electron chi connectivity index (χ1n) is 11.6. The zero-order valence-electron chi connectivity index (χ0n) is 19.6. The van der Waals surface area contributed by atoms with Gasteiger partial charge in [0.15, 0.2) is 10.8 Å². The molecule has 0 amide bonds. The molecule has 2 aromatic heterocycles. The van der Waals surface area contributed by atoms with Gasteiger partial charge in [-0.2, -0.15) is 10.2 Å². The number of likely N-dealkylation sites (N-methyl/N-ethyl adjacent to an activating group) is 1. The van der Waals surface area contributed by atoms with E-state index >= 15 is 0 Å². The van der Waals surface area contributed by atoms with E-state index in [4.69, 9.17) is 16.3 Å². The number of halogens is 2. The normalized spacial score (nSPS) is 15.4. The summed E-state index contributed by atoms with van der Waals surface area (Å²) in [6.45, 7) is 2.66. The van der Waals surface area contributed by atoms with Crippen LogP contribution in [0.15, 0.2) is 48.7 Å². The number of nitrogens with zero attached hydrogens (tertiary/aromatic N) is 4. The maximum Gasteiger partial charge on any atom is 0.189 e. The molecule has 1 aliphatic heterocycles. The molecule has 1 saturated heterocycles. The van der Waals surface area contributed by atoms with Gasteiger partial charge in [-0.25, -0.2) is 9.37 Å². The Morgan fingerprint density at radius 3 is 2.75 bits per heavy atom. The molecule has 1 atom stereocenters. The Morgan fingerprint density at radius 2 is 2.03 bits per heavy atom. The van der Waals surface area contributed by atoms with E-state index in [1.165, 1.54) is 35.2 Å². The molecule has 0 radical (unpaired) electrons. The smallest absolute Gasteiger partial charge is 0.189 e. The van der Waals surface area contributed by atoms with Crippen molar-refractivity contribution in [2.24, 2.45) is 0 Å². The summed E-state index contributed by atoms with van der Waals surface area (Å²) < 4.78 is 20.0. The minimum Gasteiger partial charge on any atom is -0.377 e. The van der Waals surface area contributed by atoms with Crippen molar-refractivity contribution in [2.75, 3.05) is 30.8 Å². The van der Waals surface area contributed by atoms with Crippen molar-refractivity contribution in [3.63, 3.8) is 0 Å². The quantitative estimate of drug-likeness (QED) is 0.275. The highest BCUT2D eigenvalue weighted by atomic mass is 35.5. The van der Waals surface area contributed by atoms with Gasteiger partial charge in [-0.05, 0) is 55.8 Å². The second kappa shape index (κ2) is 10.8. The monoisotopic (exact) mass is 522 g/mol. The Hall–Kier alpha value is -3.29. The molecule has 36 heavy (non-hydrogen) atoms. The lowest BCUT2D eigenvalue weighted by Crippen LogP contribution is -2.28. The highest BCUT2D eigenvalue weighted by Gasteiger charge is 2.18. The standard InChI is InChI=1S/C26H24ClFN6OS/c1-34(15-20-3-2-10-35-20)14-16-4-6-18(7-5-16)32-26-33-25-24(36-26)23(17(12-29)13-30-25)31-19-8-9-22(28)21(27)11-19/h4-9,11,13,20H,2-3,10,14-15H2,1H3,(H2,30,31,32,33)/t20-/m0/s1. The summed E-state index contributed by atoms with van der Waals surface area (Å²) in [6.07, 6.45) is 4.09. The number of nitriles is 1. The van der Waals surface area contributed by atoms with Gasteiger partial charge in [0.1, 0.15) is 16.6 Å². The van der Waals surface area contributed by atoms with Crippen LogP contribution in [-0.2, 0) is 11.3 Å². The van der Waals surface area contributed by atoms with Crippen LogP contribution >= 0.6 is 22.9 Å². The van der Waals surface area contributed by atoms with Crippen molar-refractivity contribution in [3.8, 4) is 6.07 Å². The minimum absolute atomic E-state index is 0.00280. The lowest BCUT2D eigenvalue weighted by atomic mass is 10.2. The van der Waals surface area contributed by atoms with E-state index in [0.29, 0.717) is 38.5 Å². The zero-order chi connectivity index (χ0) is 25.1. The number of ether oxygens (including phenoxy) is 1. The van der Waals surface area contributed by atoms with Gasteiger partial charge in [0.05, 0.1) is 22.4 Å². The number of hydrogen-bond donors (Lipinski definition) is 2. The van der Waals surface area contributed by atoms with E-state index in [1.54, 1.807) is 6.07 Å². The fourth-order valence-corrected chi connectivity index (χ4v) is 5.31. The number of anilines is 4. The minimum atomic E-state index is -0.507. The van der Waals surface area contributed by atoms with E-state index in [0.717, 1.165) is 38.2 Å². The maximum atomic E-state index is 13.6. The molecule has 1 fully saturated rings. The third kappa shape index (κ3) is 5.58. The van der Waals surface area contributed by atoms with Crippen molar-refractivity contribution in [1.29, 1.82) is 5.26 Å². The third-order valence-electron chi connectivity index (χ3n) is 5.93. The van der Waals surface area contributed by atoms with Crippen LogP contribution in [0, 0.1) is 17.1 Å². The average Bonchev–Trinajstić information content (AvgIpc) is 3.52. The molecule has 0 aliphatic carbocycles. The zero-order valence-corrected chi connectivity index (χ0v) is 21.2. The summed E-state index contributed by atoms with van der Waals surface area (Å²) in [6, 6.07) is 14.7. The number of pyridine rings is 1. The van der Waals surface area contributed by atoms with Crippen LogP contribution in [0.3, 0.4) is 0 Å². The molecule has 184 valence electrons. The molecular formula is C26H24ClFN6OS. The van der Waals surface area contributed by atoms with E-state index in [2.05, 4.69) is 50.8 Å². The first-order valence-corrected chi connectivity index (χ1v) is 12.8. The SMILES string of the molecule is CN(Cc1ccc(Nc2nc3ncc(C#N)c(Nc4ccc(F)c(Cl)c4)c3s2)cc1)C[C@@H]1CCCO1. The van der Waals surface area contributed by atoms with E-state index < -0.39 is 5.82 Å². The Bertz CT molecular complexity index is 1410. The molecule has 0 bridgehead atoms. The molecule has 7 nitrogen and oxygen atoms in total. The number of hydrogen-bond acceptors (Lipinski definition) is 8. The van der Waals surface area contributed by atoms with Crippen molar-refractivity contribution in [2.45, 2.75) is 25.5 Å². The Kier molecular flexibility index (Phi) is 7.30. The second-order valence-corrected chi connectivity index (χ2v) is 10.1. The van der Waals surface area contributed by atoms with Gasteiger partial charge in [-0.1, -0.05) is 35.1 Å². The number of aromatic nitrogens is 2. The molecule has 4 aromatic rings. The third-order valence-corrected chi connectivity index (χ3v) is 7.20. The summed E-state index contributed by atoms with van der Waals surface area (Å²) in [5.74, 6) is -0.507.